The van der Waals surface area contributed by atoms with Gasteiger partial charge in [0.05, 0.1) is 26.0 Å². The van der Waals surface area contributed by atoms with Crippen LogP contribution >= 0.6 is 0 Å². The molecule has 41 heavy (non-hydrogen) atoms. The van der Waals surface area contributed by atoms with Crippen molar-refractivity contribution in [3.63, 3.8) is 0 Å². The second-order valence-electron chi connectivity index (χ2n) is 9.98. The zero-order chi connectivity index (χ0) is 28.4. The molecule has 0 radical (unpaired) electrons. The summed E-state index contributed by atoms with van der Waals surface area (Å²) < 4.78 is 12.1. The third kappa shape index (κ3) is 7.40. The van der Waals surface area contributed by atoms with Crippen molar-refractivity contribution in [3.8, 4) is 11.3 Å². The van der Waals surface area contributed by atoms with Crippen molar-refractivity contribution in [3.05, 3.63) is 72.7 Å². The first-order valence-corrected chi connectivity index (χ1v) is 14.1. The van der Waals surface area contributed by atoms with E-state index in [9.17, 15) is 9.59 Å². The molecule has 1 aliphatic rings. The molecule has 10 heteroatoms. The highest BCUT2D eigenvalue weighted by atomic mass is 16.5. The van der Waals surface area contributed by atoms with Gasteiger partial charge >= 0.3 is 5.97 Å². The van der Waals surface area contributed by atoms with Crippen LogP contribution in [0.1, 0.15) is 42.5 Å². The fourth-order valence-electron chi connectivity index (χ4n) is 4.84. The monoisotopic (exact) mass is 556 g/mol. The van der Waals surface area contributed by atoms with E-state index in [0.29, 0.717) is 30.0 Å². The number of fused-ring (bicyclic) bond motifs is 1. The molecule has 5 rings (SSSR count). The number of amides is 1. The maximum absolute atomic E-state index is 12.8. The standard InChI is InChI=1S/C31H36N6O4/c1-40-28(38)9-4-2-3-5-14-33-31(39)24-8-6-7-23(21-24)27-22-37-16-15-32-30(37)29(35-27)34-25-10-12-26(13-11-25)36-17-19-41-20-18-36/h6-8,10-13,15-16,21-22H,2-5,9,14,17-20H2,1H3,(H,33,39)(H,34,35). The molecule has 214 valence electrons. The Kier molecular flexibility index (Phi) is 9.43. The van der Waals surface area contributed by atoms with Crippen molar-refractivity contribution in [1.29, 1.82) is 0 Å². The van der Waals surface area contributed by atoms with Crippen molar-refractivity contribution in [2.75, 3.05) is 50.2 Å². The minimum Gasteiger partial charge on any atom is -0.469 e. The summed E-state index contributed by atoms with van der Waals surface area (Å²) in [5, 5.41) is 6.42. The molecule has 1 saturated heterocycles. The quantitative estimate of drug-likeness (QED) is 0.189. The summed E-state index contributed by atoms with van der Waals surface area (Å²) in [5.74, 6) is 0.332. The fourth-order valence-corrected chi connectivity index (χ4v) is 4.84. The molecular formula is C31H36N6O4. The molecule has 2 N–H and O–H groups in total. The number of hydrogen-bond acceptors (Lipinski definition) is 8. The number of rotatable bonds is 12. The molecule has 0 aliphatic carbocycles. The van der Waals surface area contributed by atoms with Crippen molar-refractivity contribution in [2.24, 2.45) is 0 Å². The lowest BCUT2D eigenvalue weighted by molar-refractivity contribution is -0.140. The molecule has 2 aromatic heterocycles. The average molecular weight is 557 g/mol. The topological polar surface area (TPSA) is 110 Å². The van der Waals surface area contributed by atoms with Gasteiger partial charge in [-0.2, -0.15) is 0 Å². The zero-order valence-corrected chi connectivity index (χ0v) is 23.3. The summed E-state index contributed by atoms with van der Waals surface area (Å²) in [6.07, 6.45) is 9.51. The average Bonchev–Trinajstić information content (AvgIpc) is 3.50. The molecule has 2 aromatic carbocycles. The van der Waals surface area contributed by atoms with Gasteiger partial charge in [0.25, 0.3) is 5.91 Å². The van der Waals surface area contributed by atoms with E-state index in [0.717, 1.165) is 68.9 Å². The first-order valence-electron chi connectivity index (χ1n) is 14.1. The lowest BCUT2D eigenvalue weighted by atomic mass is 10.1. The number of carbonyl (C=O) groups is 2. The highest BCUT2D eigenvalue weighted by molar-refractivity contribution is 5.95. The van der Waals surface area contributed by atoms with Gasteiger partial charge in [-0.25, -0.2) is 9.97 Å². The predicted molar refractivity (Wildman–Crippen MR) is 159 cm³/mol. The van der Waals surface area contributed by atoms with E-state index >= 15 is 0 Å². The minimum atomic E-state index is -0.180. The van der Waals surface area contributed by atoms with E-state index in [1.807, 2.05) is 47.1 Å². The van der Waals surface area contributed by atoms with Crippen LogP contribution in [0, 0.1) is 0 Å². The number of aromatic nitrogens is 3. The molecule has 0 atom stereocenters. The maximum Gasteiger partial charge on any atom is 0.305 e. The Bertz CT molecular complexity index is 1460. The molecule has 3 heterocycles. The lowest BCUT2D eigenvalue weighted by Crippen LogP contribution is -2.36. The molecule has 0 unspecified atom stereocenters. The lowest BCUT2D eigenvalue weighted by Gasteiger charge is -2.28. The number of nitrogens with zero attached hydrogens (tertiary/aromatic N) is 4. The van der Waals surface area contributed by atoms with E-state index in [1.54, 1.807) is 12.3 Å². The number of nitrogens with one attached hydrogen (secondary N) is 2. The van der Waals surface area contributed by atoms with Crippen LogP contribution in [0.2, 0.25) is 0 Å². The molecule has 1 amide bonds. The highest BCUT2D eigenvalue weighted by Crippen LogP contribution is 2.26. The van der Waals surface area contributed by atoms with E-state index in [4.69, 9.17) is 9.72 Å². The van der Waals surface area contributed by atoms with Crippen LogP contribution in [0.4, 0.5) is 17.2 Å². The first kappa shape index (κ1) is 28.1. The summed E-state index contributed by atoms with van der Waals surface area (Å²) in [6.45, 7) is 3.86. The van der Waals surface area contributed by atoms with Crippen molar-refractivity contribution >= 4 is 34.7 Å². The maximum atomic E-state index is 12.8. The van der Waals surface area contributed by atoms with Crippen LogP contribution in [-0.2, 0) is 14.3 Å². The van der Waals surface area contributed by atoms with Gasteiger partial charge in [0, 0.05) is 67.1 Å². The number of methoxy groups -OCH3 is 1. The third-order valence-corrected chi connectivity index (χ3v) is 7.12. The van der Waals surface area contributed by atoms with Gasteiger partial charge < -0.3 is 29.4 Å². The van der Waals surface area contributed by atoms with Gasteiger partial charge in [0.2, 0.25) is 0 Å². The summed E-state index contributed by atoms with van der Waals surface area (Å²) in [5.41, 5.74) is 4.93. The van der Waals surface area contributed by atoms with E-state index in [1.165, 1.54) is 12.8 Å². The molecule has 1 fully saturated rings. The second kappa shape index (κ2) is 13.8. The normalized spacial score (nSPS) is 13.2. The van der Waals surface area contributed by atoms with Crippen LogP contribution in [0.5, 0.6) is 0 Å². The Hall–Kier alpha value is -4.44. The van der Waals surface area contributed by atoms with Gasteiger partial charge in [-0.3, -0.25) is 9.59 Å². The Morgan fingerprint density at radius 2 is 1.83 bits per heavy atom. The van der Waals surface area contributed by atoms with Gasteiger partial charge in [-0.05, 0) is 49.2 Å². The number of benzene rings is 2. The molecule has 10 nitrogen and oxygen atoms in total. The number of anilines is 3. The number of morpholine rings is 1. The first-order chi connectivity index (χ1) is 20.1. The number of hydrogen-bond donors (Lipinski definition) is 2. The van der Waals surface area contributed by atoms with Gasteiger partial charge in [-0.1, -0.05) is 25.0 Å². The van der Waals surface area contributed by atoms with Crippen molar-refractivity contribution in [1.82, 2.24) is 19.7 Å². The molecule has 4 aromatic rings. The Morgan fingerprint density at radius 1 is 1.02 bits per heavy atom. The molecule has 0 saturated carbocycles. The number of unbranched alkanes of at least 4 members (excludes halogenated alkanes) is 3. The summed E-state index contributed by atoms with van der Waals surface area (Å²) in [7, 11) is 1.40. The zero-order valence-electron chi connectivity index (χ0n) is 23.3. The Labute approximate surface area is 239 Å². The summed E-state index contributed by atoms with van der Waals surface area (Å²) in [6, 6.07) is 15.8. The van der Waals surface area contributed by atoms with Gasteiger partial charge in [0.15, 0.2) is 11.5 Å². The number of esters is 1. The number of ether oxygens (including phenoxy) is 2. The SMILES string of the molecule is COC(=O)CCCCCCNC(=O)c1cccc(-c2cn3ccnc3c(Nc3ccc(N4CCOCC4)cc3)n2)c1. The van der Waals surface area contributed by atoms with Crippen LogP contribution < -0.4 is 15.5 Å². The van der Waals surface area contributed by atoms with Crippen LogP contribution in [0.15, 0.2) is 67.1 Å². The third-order valence-electron chi connectivity index (χ3n) is 7.12. The van der Waals surface area contributed by atoms with E-state index < -0.39 is 0 Å². The van der Waals surface area contributed by atoms with E-state index in [2.05, 4.69) is 37.4 Å². The van der Waals surface area contributed by atoms with Gasteiger partial charge in [0.1, 0.15) is 0 Å². The second-order valence-corrected chi connectivity index (χ2v) is 9.98. The van der Waals surface area contributed by atoms with E-state index in [-0.39, 0.29) is 11.9 Å². The van der Waals surface area contributed by atoms with Crippen LogP contribution in [0.25, 0.3) is 16.9 Å². The van der Waals surface area contributed by atoms with Gasteiger partial charge in [-0.15, -0.1) is 0 Å². The summed E-state index contributed by atoms with van der Waals surface area (Å²) >= 11 is 0. The Balaban J connectivity index is 1.23. The molecular weight excluding hydrogens is 520 g/mol. The van der Waals surface area contributed by atoms with Crippen LogP contribution in [-0.4, -0.2) is 66.2 Å². The molecule has 0 bridgehead atoms. The Morgan fingerprint density at radius 3 is 2.63 bits per heavy atom. The van der Waals surface area contributed by atoms with Crippen molar-refractivity contribution in [2.45, 2.75) is 32.1 Å². The molecule has 0 spiro atoms. The molecule has 1 aliphatic heterocycles. The summed E-state index contributed by atoms with van der Waals surface area (Å²) in [4.78, 5) is 35.7. The largest absolute Gasteiger partial charge is 0.469 e. The fraction of sp³-hybridized carbons (Fsp3) is 0.355. The van der Waals surface area contributed by atoms with Crippen LogP contribution in [0.3, 0.4) is 0 Å². The minimum absolute atomic E-state index is 0.121. The van der Waals surface area contributed by atoms with Crippen molar-refractivity contribution < 1.29 is 19.1 Å². The number of imidazole rings is 1. The number of carbonyl (C=O) groups excluding carboxylic acids is 2. The smallest absolute Gasteiger partial charge is 0.305 e. The predicted octanol–water partition coefficient (Wildman–Crippen LogP) is 4.83. The highest BCUT2D eigenvalue weighted by Gasteiger charge is 2.14.